The number of aliphatic hydroxyl groups is 2. The number of ether oxygens (including phenoxy) is 1. The number of aromatic carboxylic acids is 1. The van der Waals surface area contributed by atoms with Crippen LogP contribution in [0.5, 0.6) is 5.75 Å². The van der Waals surface area contributed by atoms with Crippen LogP contribution in [0.2, 0.25) is 0 Å². The molecule has 0 fully saturated rings. The van der Waals surface area contributed by atoms with Gasteiger partial charge in [0.2, 0.25) is 0 Å². The number of hydrogen-bond acceptors (Lipinski definition) is 5. The maximum Gasteiger partial charge on any atom is 0.339 e. The van der Waals surface area contributed by atoms with Crippen molar-refractivity contribution in [3.05, 3.63) is 29.3 Å². The van der Waals surface area contributed by atoms with Crippen LogP contribution in [0.4, 0.5) is 0 Å². The van der Waals surface area contributed by atoms with Gasteiger partial charge in [0.05, 0.1) is 13.2 Å². The molecular weight excluding hydrogens is 256 g/mol. The summed E-state index contributed by atoms with van der Waals surface area (Å²) in [6.45, 7) is 0. The van der Waals surface area contributed by atoms with E-state index < -0.39 is 18.2 Å². The van der Waals surface area contributed by atoms with E-state index in [2.05, 4.69) is 12.6 Å². The molecule has 0 aliphatic rings. The van der Waals surface area contributed by atoms with Gasteiger partial charge < -0.3 is 20.1 Å². The van der Waals surface area contributed by atoms with Crippen molar-refractivity contribution in [2.45, 2.75) is 18.6 Å². The highest BCUT2D eigenvalue weighted by Gasteiger charge is 2.25. The molecular formula is C12H16O5S. The predicted octanol–water partition coefficient (Wildman–Crippen LogP) is 1.11. The van der Waals surface area contributed by atoms with Crippen molar-refractivity contribution in [1.29, 1.82) is 0 Å². The first-order chi connectivity index (χ1) is 8.52. The van der Waals surface area contributed by atoms with Crippen LogP contribution in [0.15, 0.2) is 18.2 Å². The number of carboxylic acid groups (broad SMARTS) is 1. The SMILES string of the molecule is COc1cccc(C(O)C(O)CCS)c1C(=O)O. The van der Waals surface area contributed by atoms with Crippen LogP contribution in [0.25, 0.3) is 0 Å². The molecule has 6 heteroatoms. The van der Waals surface area contributed by atoms with Crippen LogP contribution >= 0.6 is 12.6 Å². The van der Waals surface area contributed by atoms with Crippen molar-refractivity contribution in [2.24, 2.45) is 0 Å². The molecule has 1 aromatic rings. The van der Waals surface area contributed by atoms with Gasteiger partial charge in [-0.05, 0) is 18.2 Å². The van der Waals surface area contributed by atoms with E-state index in [1.54, 1.807) is 6.07 Å². The van der Waals surface area contributed by atoms with E-state index in [1.807, 2.05) is 0 Å². The number of carbonyl (C=O) groups is 1. The van der Waals surface area contributed by atoms with Crippen LogP contribution in [0.1, 0.15) is 28.4 Å². The first-order valence-electron chi connectivity index (χ1n) is 5.40. The molecule has 0 spiro atoms. The lowest BCUT2D eigenvalue weighted by Crippen LogP contribution is -2.21. The molecule has 0 radical (unpaired) electrons. The zero-order chi connectivity index (χ0) is 13.7. The van der Waals surface area contributed by atoms with E-state index in [0.717, 1.165) is 0 Å². The number of methoxy groups -OCH3 is 1. The van der Waals surface area contributed by atoms with E-state index in [0.29, 0.717) is 5.75 Å². The molecule has 0 aromatic heterocycles. The molecule has 0 heterocycles. The fraction of sp³-hybridized carbons (Fsp3) is 0.417. The van der Waals surface area contributed by atoms with Crippen LogP contribution < -0.4 is 4.74 Å². The molecule has 0 amide bonds. The highest BCUT2D eigenvalue weighted by molar-refractivity contribution is 7.80. The maximum absolute atomic E-state index is 11.2. The lowest BCUT2D eigenvalue weighted by Gasteiger charge is -2.20. The molecule has 2 atom stereocenters. The lowest BCUT2D eigenvalue weighted by atomic mass is 9.96. The van der Waals surface area contributed by atoms with Crippen molar-refractivity contribution in [1.82, 2.24) is 0 Å². The Balaban J connectivity index is 3.19. The Kier molecular flexibility index (Phi) is 5.46. The zero-order valence-electron chi connectivity index (χ0n) is 9.91. The summed E-state index contributed by atoms with van der Waals surface area (Å²) in [6, 6.07) is 4.51. The van der Waals surface area contributed by atoms with E-state index in [1.165, 1.54) is 19.2 Å². The molecule has 0 saturated carbocycles. The van der Waals surface area contributed by atoms with Gasteiger partial charge in [0.15, 0.2) is 0 Å². The largest absolute Gasteiger partial charge is 0.496 e. The maximum atomic E-state index is 11.2. The van der Waals surface area contributed by atoms with Gasteiger partial charge >= 0.3 is 5.97 Å². The minimum Gasteiger partial charge on any atom is -0.496 e. The molecule has 5 nitrogen and oxygen atoms in total. The van der Waals surface area contributed by atoms with Crippen molar-refractivity contribution < 1.29 is 24.9 Å². The fourth-order valence-electron chi connectivity index (χ4n) is 1.69. The molecule has 0 saturated heterocycles. The molecule has 100 valence electrons. The van der Waals surface area contributed by atoms with Gasteiger partial charge in [-0.15, -0.1) is 0 Å². The minimum absolute atomic E-state index is 0.134. The number of hydrogen-bond donors (Lipinski definition) is 4. The Bertz CT molecular complexity index is 421. The summed E-state index contributed by atoms with van der Waals surface area (Å²) in [6.07, 6.45) is -2.08. The molecule has 2 unspecified atom stereocenters. The van der Waals surface area contributed by atoms with Crippen LogP contribution in [0.3, 0.4) is 0 Å². The predicted molar refractivity (Wildman–Crippen MR) is 69.4 cm³/mol. The second-order valence-corrected chi connectivity index (χ2v) is 4.20. The zero-order valence-corrected chi connectivity index (χ0v) is 10.8. The van der Waals surface area contributed by atoms with Crippen LogP contribution in [0, 0.1) is 0 Å². The number of aliphatic hydroxyl groups excluding tert-OH is 2. The Morgan fingerprint density at radius 3 is 2.61 bits per heavy atom. The van der Waals surface area contributed by atoms with E-state index in [9.17, 15) is 15.0 Å². The molecule has 0 bridgehead atoms. The van der Waals surface area contributed by atoms with Gasteiger partial charge in [0.1, 0.15) is 17.4 Å². The third-order valence-corrected chi connectivity index (χ3v) is 2.86. The van der Waals surface area contributed by atoms with Gasteiger partial charge in [-0.3, -0.25) is 0 Å². The number of carboxylic acids is 1. The molecule has 0 aliphatic heterocycles. The van der Waals surface area contributed by atoms with Gasteiger partial charge in [-0.25, -0.2) is 4.79 Å². The molecule has 1 aromatic carbocycles. The van der Waals surface area contributed by atoms with Crippen molar-refractivity contribution in [3.63, 3.8) is 0 Å². The summed E-state index contributed by atoms with van der Waals surface area (Å²) in [7, 11) is 1.35. The summed E-state index contributed by atoms with van der Waals surface area (Å²) in [5.74, 6) is -0.665. The fourth-order valence-corrected chi connectivity index (χ4v) is 1.96. The topological polar surface area (TPSA) is 87.0 Å². The van der Waals surface area contributed by atoms with Crippen LogP contribution in [-0.2, 0) is 0 Å². The molecule has 1 rings (SSSR count). The Morgan fingerprint density at radius 1 is 1.44 bits per heavy atom. The second-order valence-electron chi connectivity index (χ2n) is 3.75. The Morgan fingerprint density at radius 2 is 2.11 bits per heavy atom. The van der Waals surface area contributed by atoms with Crippen molar-refractivity contribution in [2.75, 3.05) is 12.9 Å². The summed E-state index contributed by atoms with van der Waals surface area (Å²) in [5.41, 5.74) is 0.00171. The van der Waals surface area contributed by atoms with Gasteiger partial charge in [-0.1, -0.05) is 12.1 Å². The Hall–Kier alpha value is -1.24. The second kappa shape index (κ2) is 6.63. The lowest BCUT2D eigenvalue weighted by molar-refractivity contribution is 0.0161. The first-order valence-corrected chi connectivity index (χ1v) is 6.03. The van der Waals surface area contributed by atoms with E-state index in [-0.39, 0.29) is 23.3 Å². The standard InChI is InChI=1S/C12H16O5S/c1-17-9-4-2-3-7(10(9)12(15)16)11(14)8(13)5-6-18/h2-4,8,11,13-14,18H,5-6H2,1H3,(H,15,16). The summed E-state index contributed by atoms with van der Waals surface area (Å²) >= 11 is 3.96. The number of thiol groups is 1. The van der Waals surface area contributed by atoms with Crippen molar-refractivity contribution in [3.8, 4) is 5.75 Å². The third kappa shape index (κ3) is 3.16. The number of benzene rings is 1. The van der Waals surface area contributed by atoms with E-state index >= 15 is 0 Å². The van der Waals surface area contributed by atoms with Crippen LogP contribution in [-0.4, -0.2) is 40.3 Å². The molecule has 3 N–H and O–H groups in total. The van der Waals surface area contributed by atoms with Gasteiger partial charge in [0.25, 0.3) is 0 Å². The average molecular weight is 272 g/mol. The van der Waals surface area contributed by atoms with E-state index in [4.69, 9.17) is 9.84 Å². The van der Waals surface area contributed by atoms with Gasteiger partial charge in [-0.2, -0.15) is 12.6 Å². The first kappa shape index (κ1) is 14.8. The summed E-state index contributed by atoms with van der Waals surface area (Å²) in [4.78, 5) is 11.2. The van der Waals surface area contributed by atoms with Gasteiger partial charge in [0, 0.05) is 5.56 Å². The quantitative estimate of drug-likeness (QED) is 0.583. The summed E-state index contributed by atoms with van der Waals surface area (Å²) in [5, 5.41) is 28.8. The highest BCUT2D eigenvalue weighted by Crippen LogP contribution is 2.29. The third-order valence-electron chi connectivity index (χ3n) is 2.60. The molecule has 0 aliphatic carbocycles. The van der Waals surface area contributed by atoms with Crippen molar-refractivity contribution >= 4 is 18.6 Å². The smallest absolute Gasteiger partial charge is 0.339 e. The summed E-state index contributed by atoms with van der Waals surface area (Å²) < 4.78 is 4.95. The Labute approximate surface area is 110 Å². The highest BCUT2D eigenvalue weighted by atomic mass is 32.1. The normalized spacial score (nSPS) is 14.0. The minimum atomic E-state index is -1.28. The number of rotatable bonds is 6. The monoisotopic (exact) mass is 272 g/mol. The molecule has 18 heavy (non-hydrogen) atoms. The average Bonchev–Trinajstić information content (AvgIpc) is 2.36.